The Morgan fingerprint density at radius 3 is 2.29 bits per heavy atom. The van der Waals surface area contributed by atoms with Crippen molar-refractivity contribution in [3.8, 4) is 0 Å². The van der Waals surface area contributed by atoms with Gasteiger partial charge in [-0.15, -0.1) is 0 Å². The van der Waals surface area contributed by atoms with E-state index in [2.05, 4.69) is 19.2 Å². The summed E-state index contributed by atoms with van der Waals surface area (Å²) < 4.78 is 27.6. The molecule has 0 aliphatic heterocycles. The zero-order chi connectivity index (χ0) is 12.5. The zero-order valence-corrected chi connectivity index (χ0v) is 10.3. The van der Waals surface area contributed by atoms with Crippen molar-refractivity contribution in [2.75, 3.05) is 6.54 Å². The molecule has 0 saturated heterocycles. The molecule has 0 unspecified atom stereocenters. The summed E-state index contributed by atoms with van der Waals surface area (Å²) in [6.07, 6.45) is 2.06. The second-order valence-electron chi connectivity index (χ2n) is 5.14. The fourth-order valence-electron chi connectivity index (χ4n) is 1.77. The number of halogens is 2. The average Bonchev–Trinajstić information content (AvgIpc) is 3.10. The molecule has 0 atom stereocenters. The standard InChI is InChI=1S/C14H19F2N/c1-10(2)11-3-5-12(6-4-11)14(15,16)9-17-13-7-8-13/h3-6,10,13,17H,7-9H2,1-2H3. The summed E-state index contributed by atoms with van der Waals surface area (Å²) in [5.41, 5.74) is 1.20. The smallest absolute Gasteiger partial charge is 0.285 e. The van der Waals surface area contributed by atoms with Crippen LogP contribution < -0.4 is 5.32 Å². The quantitative estimate of drug-likeness (QED) is 0.827. The molecule has 0 bridgehead atoms. The maximum absolute atomic E-state index is 13.8. The van der Waals surface area contributed by atoms with Crippen molar-refractivity contribution in [2.45, 2.75) is 44.6 Å². The van der Waals surface area contributed by atoms with Crippen molar-refractivity contribution in [1.82, 2.24) is 5.32 Å². The average molecular weight is 239 g/mol. The maximum Gasteiger partial charge on any atom is 0.285 e. The minimum absolute atomic E-state index is 0.107. The van der Waals surface area contributed by atoms with E-state index < -0.39 is 5.92 Å². The Kier molecular flexibility index (Phi) is 3.48. The van der Waals surface area contributed by atoms with Gasteiger partial charge in [0.2, 0.25) is 0 Å². The Morgan fingerprint density at radius 1 is 1.24 bits per heavy atom. The van der Waals surface area contributed by atoms with Crippen LogP contribution in [0, 0.1) is 0 Å². The Hall–Kier alpha value is -0.960. The minimum Gasteiger partial charge on any atom is -0.308 e. The van der Waals surface area contributed by atoms with E-state index in [9.17, 15) is 8.78 Å². The van der Waals surface area contributed by atoms with Gasteiger partial charge in [-0.2, -0.15) is 8.78 Å². The third-order valence-electron chi connectivity index (χ3n) is 3.19. The summed E-state index contributed by atoms with van der Waals surface area (Å²) in [4.78, 5) is 0. The van der Waals surface area contributed by atoms with Crippen LogP contribution >= 0.6 is 0 Å². The monoisotopic (exact) mass is 239 g/mol. The third-order valence-corrected chi connectivity index (χ3v) is 3.19. The summed E-state index contributed by atoms with van der Waals surface area (Å²) in [7, 11) is 0. The number of nitrogens with one attached hydrogen (secondary N) is 1. The van der Waals surface area contributed by atoms with Crippen LogP contribution in [0.25, 0.3) is 0 Å². The third kappa shape index (κ3) is 3.25. The molecule has 94 valence electrons. The van der Waals surface area contributed by atoms with Gasteiger partial charge in [0, 0.05) is 11.6 Å². The summed E-state index contributed by atoms with van der Waals surface area (Å²) in [6.45, 7) is 3.86. The van der Waals surface area contributed by atoms with Crippen molar-refractivity contribution < 1.29 is 8.78 Å². The predicted octanol–water partition coefficient (Wildman–Crippen LogP) is 3.65. The van der Waals surface area contributed by atoms with Crippen LogP contribution in [0.4, 0.5) is 8.78 Å². The zero-order valence-electron chi connectivity index (χ0n) is 10.3. The minimum atomic E-state index is -2.77. The molecule has 0 amide bonds. The number of hydrogen-bond acceptors (Lipinski definition) is 1. The van der Waals surface area contributed by atoms with Crippen molar-refractivity contribution in [3.05, 3.63) is 35.4 Å². The van der Waals surface area contributed by atoms with Gasteiger partial charge in [0.25, 0.3) is 5.92 Å². The highest BCUT2D eigenvalue weighted by Gasteiger charge is 2.33. The molecule has 0 aromatic heterocycles. The van der Waals surface area contributed by atoms with Crippen LogP contribution in [-0.4, -0.2) is 12.6 Å². The molecular weight excluding hydrogens is 220 g/mol. The van der Waals surface area contributed by atoms with Gasteiger partial charge in [-0.05, 0) is 24.3 Å². The first-order valence-corrected chi connectivity index (χ1v) is 6.20. The van der Waals surface area contributed by atoms with E-state index in [0.717, 1.165) is 18.4 Å². The van der Waals surface area contributed by atoms with E-state index in [0.29, 0.717) is 12.0 Å². The van der Waals surface area contributed by atoms with E-state index in [1.54, 1.807) is 24.3 Å². The van der Waals surface area contributed by atoms with E-state index >= 15 is 0 Å². The fraction of sp³-hybridized carbons (Fsp3) is 0.571. The van der Waals surface area contributed by atoms with Crippen LogP contribution in [0.15, 0.2) is 24.3 Å². The molecule has 17 heavy (non-hydrogen) atoms. The highest BCUT2D eigenvalue weighted by Crippen LogP contribution is 2.30. The molecule has 3 heteroatoms. The number of alkyl halides is 2. The highest BCUT2D eigenvalue weighted by molar-refractivity contribution is 5.27. The van der Waals surface area contributed by atoms with Crippen LogP contribution in [0.2, 0.25) is 0 Å². The van der Waals surface area contributed by atoms with Crippen LogP contribution in [0.5, 0.6) is 0 Å². The van der Waals surface area contributed by atoms with Crippen molar-refractivity contribution in [3.63, 3.8) is 0 Å². The molecule has 1 N–H and O–H groups in total. The molecule has 0 spiro atoms. The molecule has 1 aromatic carbocycles. The molecule has 1 aliphatic rings. The lowest BCUT2D eigenvalue weighted by Gasteiger charge is -2.18. The first kappa shape index (κ1) is 12.5. The first-order chi connectivity index (χ1) is 7.99. The predicted molar refractivity (Wildman–Crippen MR) is 65.4 cm³/mol. The molecular formula is C14H19F2N. The van der Waals surface area contributed by atoms with Gasteiger partial charge in [-0.1, -0.05) is 38.1 Å². The molecule has 1 nitrogen and oxygen atoms in total. The van der Waals surface area contributed by atoms with Gasteiger partial charge in [0.1, 0.15) is 0 Å². The van der Waals surface area contributed by atoms with E-state index in [1.165, 1.54) is 0 Å². The SMILES string of the molecule is CC(C)c1ccc(C(F)(F)CNC2CC2)cc1. The normalized spacial score (nSPS) is 16.5. The number of hydrogen-bond donors (Lipinski definition) is 1. The van der Waals surface area contributed by atoms with Crippen molar-refractivity contribution >= 4 is 0 Å². The molecule has 0 heterocycles. The van der Waals surface area contributed by atoms with Crippen LogP contribution in [-0.2, 0) is 5.92 Å². The lowest BCUT2D eigenvalue weighted by molar-refractivity contribution is -0.00350. The molecule has 0 radical (unpaired) electrons. The second-order valence-corrected chi connectivity index (χ2v) is 5.14. The van der Waals surface area contributed by atoms with Gasteiger partial charge in [-0.3, -0.25) is 0 Å². The highest BCUT2D eigenvalue weighted by atomic mass is 19.3. The summed E-state index contributed by atoms with van der Waals surface area (Å²) in [5.74, 6) is -2.39. The lowest BCUT2D eigenvalue weighted by Crippen LogP contribution is -2.32. The summed E-state index contributed by atoms with van der Waals surface area (Å²) in [5, 5.41) is 2.88. The Labute approximate surface area is 101 Å². The molecule has 1 saturated carbocycles. The van der Waals surface area contributed by atoms with Gasteiger partial charge in [0.15, 0.2) is 0 Å². The topological polar surface area (TPSA) is 12.0 Å². The van der Waals surface area contributed by atoms with Crippen LogP contribution in [0.3, 0.4) is 0 Å². The van der Waals surface area contributed by atoms with Gasteiger partial charge in [0.05, 0.1) is 6.54 Å². The fourth-order valence-corrected chi connectivity index (χ4v) is 1.77. The second kappa shape index (κ2) is 4.73. The van der Waals surface area contributed by atoms with Crippen molar-refractivity contribution in [1.29, 1.82) is 0 Å². The molecule has 2 rings (SSSR count). The Bertz CT molecular complexity index is 366. The summed E-state index contributed by atoms with van der Waals surface area (Å²) >= 11 is 0. The Balaban J connectivity index is 2.03. The van der Waals surface area contributed by atoms with Crippen molar-refractivity contribution in [2.24, 2.45) is 0 Å². The summed E-state index contributed by atoms with van der Waals surface area (Å²) in [6, 6.07) is 7.00. The number of benzene rings is 1. The van der Waals surface area contributed by atoms with E-state index in [4.69, 9.17) is 0 Å². The largest absolute Gasteiger partial charge is 0.308 e. The number of rotatable bonds is 5. The van der Waals surface area contributed by atoms with E-state index in [-0.39, 0.29) is 12.1 Å². The van der Waals surface area contributed by atoms with Gasteiger partial charge >= 0.3 is 0 Å². The maximum atomic E-state index is 13.8. The first-order valence-electron chi connectivity index (χ1n) is 6.20. The van der Waals surface area contributed by atoms with Gasteiger partial charge in [-0.25, -0.2) is 0 Å². The van der Waals surface area contributed by atoms with Crippen LogP contribution in [0.1, 0.15) is 43.7 Å². The Morgan fingerprint density at radius 2 is 1.82 bits per heavy atom. The molecule has 1 aliphatic carbocycles. The van der Waals surface area contributed by atoms with Gasteiger partial charge < -0.3 is 5.32 Å². The lowest BCUT2D eigenvalue weighted by atomic mass is 9.99. The van der Waals surface area contributed by atoms with E-state index in [1.807, 2.05) is 0 Å². The molecule has 1 fully saturated rings. The molecule has 1 aromatic rings.